The number of carbonyl (C=O) groups is 1. The first-order chi connectivity index (χ1) is 18.6. The van der Waals surface area contributed by atoms with Gasteiger partial charge in [-0.2, -0.15) is 5.10 Å². The summed E-state index contributed by atoms with van der Waals surface area (Å²) in [5.74, 6) is -0.390. The lowest BCUT2D eigenvalue weighted by molar-refractivity contribution is -0.119. The second-order valence-electron chi connectivity index (χ2n) is 8.93. The maximum absolute atomic E-state index is 13.6. The van der Waals surface area contributed by atoms with Gasteiger partial charge in [-0.1, -0.05) is 47.5 Å². The van der Waals surface area contributed by atoms with Crippen molar-refractivity contribution in [2.75, 3.05) is 18.0 Å². The summed E-state index contributed by atoms with van der Waals surface area (Å²) in [5.41, 5.74) is 7.56. The van der Waals surface area contributed by atoms with E-state index in [4.69, 9.17) is 16.3 Å². The number of hydrazone groups is 1. The van der Waals surface area contributed by atoms with Crippen molar-refractivity contribution in [3.63, 3.8) is 0 Å². The molecule has 0 saturated carbocycles. The quantitative estimate of drug-likeness (QED) is 0.217. The second-order valence-corrected chi connectivity index (χ2v) is 11.2. The van der Waals surface area contributed by atoms with E-state index < -0.39 is 22.5 Å². The molecule has 0 atom stereocenters. The maximum atomic E-state index is 13.6. The molecule has 0 aliphatic carbocycles. The van der Waals surface area contributed by atoms with Crippen molar-refractivity contribution >= 4 is 39.4 Å². The number of benzene rings is 3. The summed E-state index contributed by atoms with van der Waals surface area (Å²) in [7, 11) is -2.73. The first kappa shape index (κ1) is 27.9. The summed E-state index contributed by atoms with van der Waals surface area (Å²) in [5, 5.41) is 4.40. The molecule has 1 amide bonds. The number of carbonyl (C=O) groups excluding carboxylic acids is 1. The fourth-order valence-corrected chi connectivity index (χ4v) is 5.84. The Hall–Kier alpha value is -4.08. The lowest BCUT2D eigenvalue weighted by Gasteiger charge is -2.25. The summed E-state index contributed by atoms with van der Waals surface area (Å²) < 4.78 is 35.6. The van der Waals surface area contributed by atoms with E-state index in [9.17, 15) is 13.2 Å². The van der Waals surface area contributed by atoms with Crippen molar-refractivity contribution in [1.29, 1.82) is 0 Å². The van der Waals surface area contributed by atoms with Crippen molar-refractivity contribution in [3.05, 3.63) is 106 Å². The number of hydrogen-bond donors (Lipinski definition) is 1. The van der Waals surface area contributed by atoms with E-state index in [1.54, 1.807) is 36.5 Å². The number of aryl methyl sites for hydroxylation is 2. The van der Waals surface area contributed by atoms with E-state index >= 15 is 0 Å². The summed E-state index contributed by atoms with van der Waals surface area (Å²) >= 11 is 6.18. The summed E-state index contributed by atoms with van der Waals surface area (Å²) in [6.07, 6.45) is 1.54. The molecule has 0 spiro atoms. The van der Waals surface area contributed by atoms with Crippen LogP contribution < -0.4 is 14.5 Å². The van der Waals surface area contributed by atoms with Crippen molar-refractivity contribution in [3.8, 4) is 11.4 Å². The number of nitrogens with one attached hydrogen (secondary N) is 1. The number of anilines is 1. The van der Waals surface area contributed by atoms with Gasteiger partial charge in [0.25, 0.3) is 15.9 Å². The first-order valence-corrected chi connectivity index (χ1v) is 13.9. The molecule has 0 bridgehead atoms. The second kappa shape index (κ2) is 11.8. The van der Waals surface area contributed by atoms with Crippen LogP contribution in [0.15, 0.2) is 88.9 Å². The molecular formula is C29H29ClN4O4S. The first-order valence-electron chi connectivity index (χ1n) is 12.1. The van der Waals surface area contributed by atoms with Gasteiger partial charge in [-0.3, -0.25) is 9.10 Å². The number of ether oxygens (including phenoxy) is 1. The van der Waals surface area contributed by atoms with Gasteiger partial charge < -0.3 is 9.30 Å². The van der Waals surface area contributed by atoms with Gasteiger partial charge in [0.15, 0.2) is 0 Å². The van der Waals surface area contributed by atoms with Gasteiger partial charge >= 0.3 is 0 Å². The summed E-state index contributed by atoms with van der Waals surface area (Å²) in [4.78, 5) is 13.0. The zero-order valence-corrected chi connectivity index (χ0v) is 23.6. The van der Waals surface area contributed by atoms with Crippen molar-refractivity contribution < 1.29 is 17.9 Å². The molecule has 0 unspecified atom stereocenters. The molecule has 0 fully saturated rings. The van der Waals surface area contributed by atoms with Crippen LogP contribution in [-0.2, 0) is 14.8 Å². The highest BCUT2D eigenvalue weighted by molar-refractivity contribution is 7.92. The van der Waals surface area contributed by atoms with Crippen LogP contribution in [0.25, 0.3) is 5.69 Å². The van der Waals surface area contributed by atoms with E-state index in [0.29, 0.717) is 5.02 Å². The minimum absolute atomic E-state index is 0.0203. The molecule has 0 aliphatic heterocycles. The highest BCUT2D eigenvalue weighted by Crippen LogP contribution is 2.34. The number of nitrogens with zero attached hydrogens (tertiary/aromatic N) is 3. The molecule has 3 aromatic carbocycles. The molecule has 10 heteroatoms. The molecular weight excluding hydrogens is 536 g/mol. The summed E-state index contributed by atoms with van der Waals surface area (Å²) in [6.45, 7) is 5.45. The normalized spacial score (nSPS) is 11.5. The van der Waals surface area contributed by atoms with E-state index in [-0.39, 0.29) is 16.3 Å². The molecule has 4 aromatic rings. The number of sulfonamides is 1. The number of aromatic nitrogens is 1. The Morgan fingerprint density at radius 3 is 2.38 bits per heavy atom. The largest absolute Gasteiger partial charge is 0.495 e. The molecule has 39 heavy (non-hydrogen) atoms. The number of methoxy groups -OCH3 is 1. The predicted molar refractivity (Wildman–Crippen MR) is 155 cm³/mol. The van der Waals surface area contributed by atoms with Gasteiger partial charge in [-0.05, 0) is 69.3 Å². The highest BCUT2D eigenvalue weighted by atomic mass is 35.5. The van der Waals surface area contributed by atoms with Crippen LogP contribution in [0.5, 0.6) is 5.75 Å². The smallest absolute Gasteiger partial charge is 0.264 e. The molecule has 1 N–H and O–H groups in total. The van der Waals surface area contributed by atoms with Crippen molar-refractivity contribution in [2.24, 2.45) is 5.10 Å². The van der Waals surface area contributed by atoms with Crippen LogP contribution in [0, 0.1) is 20.8 Å². The molecule has 4 rings (SSSR count). The SMILES string of the molecule is COc1ccc(Cl)cc1N(CC(=O)N/N=C\c1cc(C)n(-c2ccc(C)cc2)c1C)S(=O)(=O)c1ccccc1. The Bertz CT molecular complexity index is 1620. The van der Waals surface area contributed by atoms with Gasteiger partial charge in [0.05, 0.1) is 23.9 Å². The van der Waals surface area contributed by atoms with Crippen molar-refractivity contribution in [2.45, 2.75) is 25.7 Å². The van der Waals surface area contributed by atoms with E-state index in [1.807, 2.05) is 51.1 Å². The standard InChI is InChI=1S/C29H29ClN4O4S/c1-20-10-13-25(14-11-20)34-21(2)16-23(22(34)3)18-31-32-29(35)19-33(27-17-24(30)12-15-28(27)38-4)39(36,37)26-8-6-5-7-9-26/h5-18H,19H2,1-4H3,(H,32,35)/b31-18-. The van der Waals surface area contributed by atoms with Crippen LogP contribution in [0.1, 0.15) is 22.5 Å². The minimum Gasteiger partial charge on any atom is -0.495 e. The molecule has 8 nitrogen and oxygen atoms in total. The van der Waals surface area contributed by atoms with Crippen LogP contribution >= 0.6 is 11.6 Å². The zero-order valence-electron chi connectivity index (χ0n) is 22.1. The fourth-order valence-electron chi connectivity index (χ4n) is 4.23. The molecule has 1 heterocycles. The van der Waals surface area contributed by atoms with Crippen LogP contribution in [0.2, 0.25) is 5.02 Å². The number of rotatable bonds is 9. The predicted octanol–water partition coefficient (Wildman–Crippen LogP) is 5.41. The Kier molecular flexibility index (Phi) is 8.42. The minimum atomic E-state index is -4.14. The highest BCUT2D eigenvalue weighted by Gasteiger charge is 2.29. The molecule has 0 aliphatic rings. The summed E-state index contributed by atoms with van der Waals surface area (Å²) in [6, 6.07) is 22.6. The third-order valence-electron chi connectivity index (χ3n) is 6.18. The Morgan fingerprint density at radius 2 is 1.72 bits per heavy atom. The average Bonchev–Trinajstić information content (AvgIpc) is 3.20. The van der Waals surface area contributed by atoms with Gasteiger partial charge in [0.2, 0.25) is 0 Å². The molecule has 0 saturated heterocycles. The Labute approximate surface area is 233 Å². The maximum Gasteiger partial charge on any atom is 0.264 e. The monoisotopic (exact) mass is 564 g/mol. The lowest BCUT2D eigenvalue weighted by atomic mass is 10.2. The molecule has 1 aromatic heterocycles. The van der Waals surface area contributed by atoms with Gasteiger partial charge in [0, 0.05) is 27.7 Å². The van der Waals surface area contributed by atoms with E-state index in [2.05, 4.69) is 15.1 Å². The van der Waals surface area contributed by atoms with Crippen molar-refractivity contribution in [1.82, 2.24) is 9.99 Å². The van der Waals surface area contributed by atoms with Gasteiger partial charge in [-0.25, -0.2) is 13.8 Å². The number of halogens is 1. The molecule has 202 valence electrons. The average molecular weight is 565 g/mol. The lowest BCUT2D eigenvalue weighted by Crippen LogP contribution is -2.39. The fraction of sp³-hybridized carbons (Fsp3) is 0.172. The van der Waals surface area contributed by atoms with E-state index in [1.165, 1.54) is 30.9 Å². The zero-order chi connectivity index (χ0) is 28.2. The topological polar surface area (TPSA) is 93.0 Å². The third kappa shape index (κ3) is 6.16. The Balaban J connectivity index is 1.59. The van der Waals surface area contributed by atoms with Gasteiger partial charge in [-0.15, -0.1) is 0 Å². The van der Waals surface area contributed by atoms with Crippen LogP contribution in [-0.4, -0.2) is 38.8 Å². The van der Waals surface area contributed by atoms with Crippen LogP contribution in [0.4, 0.5) is 5.69 Å². The number of hydrogen-bond acceptors (Lipinski definition) is 5. The van der Waals surface area contributed by atoms with Crippen LogP contribution in [0.3, 0.4) is 0 Å². The number of amides is 1. The van der Waals surface area contributed by atoms with Gasteiger partial charge in [0.1, 0.15) is 12.3 Å². The van der Waals surface area contributed by atoms with E-state index in [0.717, 1.165) is 26.9 Å². The third-order valence-corrected chi connectivity index (χ3v) is 8.19. The molecule has 0 radical (unpaired) electrons. The Morgan fingerprint density at radius 1 is 1.03 bits per heavy atom.